The number of fused-ring (bicyclic) bond motifs is 1. The minimum atomic E-state index is -0.933. The standard InChI is InChI=1S/C16H15NO4/c18-16(19)11-2-4-12(5-3-11)17-13-6-7-14-15(10-13)21-9-1-8-20-14/h2-7,10,17H,1,8-9H2,(H,18,19). The van der Waals surface area contributed by atoms with E-state index in [2.05, 4.69) is 5.32 Å². The van der Waals surface area contributed by atoms with Gasteiger partial charge in [-0.25, -0.2) is 4.79 Å². The van der Waals surface area contributed by atoms with Gasteiger partial charge in [0.15, 0.2) is 11.5 Å². The Labute approximate surface area is 122 Å². The van der Waals surface area contributed by atoms with Crippen LogP contribution in [0.5, 0.6) is 11.5 Å². The summed E-state index contributed by atoms with van der Waals surface area (Å²) in [7, 11) is 0. The van der Waals surface area contributed by atoms with Crippen LogP contribution in [0.15, 0.2) is 42.5 Å². The summed E-state index contributed by atoms with van der Waals surface area (Å²) in [6.07, 6.45) is 0.869. The third kappa shape index (κ3) is 3.08. The quantitative estimate of drug-likeness (QED) is 0.905. The molecule has 0 spiro atoms. The highest BCUT2D eigenvalue weighted by molar-refractivity contribution is 5.88. The molecule has 5 nitrogen and oxygen atoms in total. The molecule has 21 heavy (non-hydrogen) atoms. The molecule has 0 radical (unpaired) electrons. The van der Waals surface area contributed by atoms with Crippen molar-refractivity contribution in [1.82, 2.24) is 0 Å². The molecular formula is C16H15NO4. The number of carbonyl (C=O) groups is 1. The molecular weight excluding hydrogens is 270 g/mol. The van der Waals surface area contributed by atoms with Gasteiger partial charge in [-0.2, -0.15) is 0 Å². The number of nitrogens with one attached hydrogen (secondary N) is 1. The van der Waals surface area contributed by atoms with Crippen LogP contribution in [0.25, 0.3) is 0 Å². The maximum Gasteiger partial charge on any atom is 0.335 e. The highest BCUT2D eigenvalue weighted by Gasteiger charge is 2.10. The van der Waals surface area contributed by atoms with Gasteiger partial charge in [0.2, 0.25) is 0 Å². The molecule has 0 aromatic heterocycles. The number of rotatable bonds is 3. The molecule has 3 rings (SSSR count). The maximum atomic E-state index is 10.8. The first-order chi connectivity index (χ1) is 10.2. The lowest BCUT2D eigenvalue weighted by molar-refractivity contribution is 0.0697. The fraction of sp³-hybridized carbons (Fsp3) is 0.188. The Hall–Kier alpha value is -2.69. The lowest BCUT2D eigenvalue weighted by Crippen LogP contribution is -1.97. The van der Waals surface area contributed by atoms with Gasteiger partial charge in [-0.3, -0.25) is 0 Å². The van der Waals surface area contributed by atoms with Crippen molar-refractivity contribution < 1.29 is 19.4 Å². The van der Waals surface area contributed by atoms with E-state index in [1.165, 1.54) is 0 Å². The van der Waals surface area contributed by atoms with Crippen molar-refractivity contribution in [2.45, 2.75) is 6.42 Å². The zero-order chi connectivity index (χ0) is 14.7. The summed E-state index contributed by atoms with van der Waals surface area (Å²) in [6, 6.07) is 12.2. The molecule has 0 bridgehead atoms. The van der Waals surface area contributed by atoms with E-state index in [9.17, 15) is 4.79 Å². The van der Waals surface area contributed by atoms with Crippen LogP contribution in [0.3, 0.4) is 0 Å². The molecule has 2 aromatic rings. The molecule has 0 saturated heterocycles. The van der Waals surface area contributed by atoms with Crippen LogP contribution < -0.4 is 14.8 Å². The first-order valence-corrected chi connectivity index (χ1v) is 6.72. The SMILES string of the molecule is O=C(O)c1ccc(Nc2ccc3c(c2)OCCCO3)cc1. The summed E-state index contributed by atoms with van der Waals surface area (Å²) >= 11 is 0. The summed E-state index contributed by atoms with van der Waals surface area (Å²) < 4.78 is 11.2. The van der Waals surface area contributed by atoms with Crippen molar-refractivity contribution in [3.63, 3.8) is 0 Å². The van der Waals surface area contributed by atoms with E-state index in [0.29, 0.717) is 13.2 Å². The van der Waals surface area contributed by atoms with Crippen LogP contribution in [-0.2, 0) is 0 Å². The fourth-order valence-corrected chi connectivity index (χ4v) is 2.10. The maximum absolute atomic E-state index is 10.8. The van der Waals surface area contributed by atoms with Crippen LogP contribution in [0.2, 0.25) is 0 Å². The number of aromatic carboxylic acids is 1. The van der Waals surface area contributed by atoms with Gasteiger partial charge in [-0.15, -0.1) is 0 Å². The predicted molar refractivity (Wildman–Crippen MR) is 78.7 cm³/mol. The Balaban J connectivity index is 1.78. The van der Waals surface area contributed by atoms with Crippen LogP contribution in [0.4, 0.5) is 11.4 Å². The van der Waals surface area contributed by atoms with E-state index in [1.54, 1.807) is 24.3 Å². The van der Waals surface area contributed by atoms with Crippen LogP contribution in [-0.4, -0.2) is 24.3 Å². The van der Waals surface area contributed by atoms with Crippen molar-refractivity contribution >= 4 is 17.3 Å². The fourth-order valence-electron chi connectivity index (χ4n) is 2.10. The summed E-state index contributed by atoms with van der Waals surface area (Å²) in [5.41, 5.74) is 1.94. The molecule has 2 aromatic carbocycles. The number of benzene rings is 2. The van der Waals surface area contributed by atoms with Crippen LogP contribution >= 0.6 is 0 Å². The number of anilines is 2. The molecule has 1 aliphatic heterocycles. The second-order valence-corrected chi connectivity index (χ2v) is 4.72. The van der Waals surface area contributed by atoms with Gasteiger partial charge in [0.25, 0.3) is 0 Å². The third-order valence-corrected chi connectivity index (χ3v) is 3.17. The van der Waals surface area contributed by atoms with E-state index in [4.69, 9.17) is 14.6 Å². The van der Waals surface area contributed by atoms with Gasteiger partial charge in [-0.05, 0) is 36.4 Å². The average Bonchev–Trinajstić information content (AvgIpc) is 2.72. The van der Waals surface area contributed by atoms with Crippen molar-refractivity contribution in [3.05, 3.63) is 48.0 Å². The zero-order valence-electron chi connectivity index (χ0n) is 11.3. The Morgan fingerprint density at radius 3 is 2.33 bits per heavy atom. The monoisotopic (exact) mass is 285 g/mol. The highest BCUT2D eigenvalue weighted by atomic mass is 16.5. The number of ether oxygens (including phenoxy) is 2. The molecule has 1 aliphatic rings. The number of hydrogen-bond acceptors (Lipinski definition) is 4. The second-order valence-electron chi connectivity index (χ2n) is 4.72. The van der Waals surface area contributed by atoms with E-state index >= 15 is 0 Å². The molecule has 1 heterocycles. The molecule has 0 atom stereocenters. The molecule has 0 aliphatic carbocycles. The van der Waals surface area contributed by atoms with Crippen LogP contribution in [0, 0.1) is 0 Å². The molecule has 0 saturated carbocycles. The van der Waals surface area contributed by atoms with Crippen molar-refractivity contribution in [2.75, 3.05) is 18.5 Å². The number of hydrogen-bond donors (Lipinski definition) is 2. The molecule has 0 amide bonds. The minimum Gasteiger partial charge on any atom is -0.490 e. The highest BCUT2D eigenvalue weighted by Crippen LogP contribution is 2.33. The Morgan fingerprint density at radius 1 is 0.952 bits per heavy atom. The van der Waals surface area contributed by atoms with Gasteiger partial charge in [0.1, 0.15) is 0 Å². The first-order valence-electron chi connectivity index (χ1n) is 6.72. The smallest absolute Gasteiger partial charge is 0.335 e. The summed E-state index contributed by atoms with van der Waals surface area (Å²) in [4.78, 5) is 10.8. The topological polar surface area (TPSA) is 67.8 Å². The average molecular weight is 285 g/mol. The summed E-state index contributed by atoms with van der Waals surface area (Å²) in [6.45, 7) is 1.31. The van der Waals surface area contributed by atoms with Gasteiger partial charge >= 0.3 is 5.97 Å². The second kappa shape index (κ2) is 5.75. The summed E-state index contributed by atoms with van der Waals surface area (Å²) in [5.74, 6) is 0.538. The molecule has 0 unspecified atom stereocenters. The van der Waals surface area contributed by atoms with Crippen molar-refractivity contribution in [3.8, 4) is 11.5 Å². The zero-order valence-corrected chi connectivity index (χ0v) is 11.3. The van der Waals surface area contributed by atoms with Gasteiger partial charge in [-0.1, -0.05) is 0 Å². The minimum absolute atomic E-state index is 0.263. The van der Waals surface area contributed by atoms with Crippen molar-refractivity contribution in [2.24, 2.45) is 0 Å². The lowest BCUT2D eigenvalue weighted by atomic mass is 10.2. The Morgan fingerprint density at radius 2 is 1.62 bits per heavy atom. The predicted octanol–water partition coefficient (Wildman–Crippen LogP) is 3.29. The van der Waals surface area contributed by atoms with E-state index in [-0.39, 0.29) is 5.56 Å². The largest absolute Gasteiger partial charge is 0.490 e. The summed E-state index contributed by atoms with van der Waals surface area (Å²) in [5, 5.41) is 12.1. The van der Waals surface area contributed by atoms with Crippen molar-refractivity contribution in [1.29, 1.82) is 0 Å². The molecule has 108 valence electrons. The molecule has 2 N–H and O–H groups in total. The lowest BCUT2D eigenvalue weighted by Gasteiger charge is -2.11. The Bertz CT molecular complexity index is 652. The van der Waals surface area contributed by atoms with Crippen LogP contribution in [0.1, 0.15) is 16.8 Å². The molecule has 5 heteroatoms. The van der Waals surface area contributed by atoms with Gasteiger partial charge < -0.3 is 19.9 Å². The number of carboxylic acids is 1. The van der Waals surface area contributed by atoms with E-state index in [1.807, 2.05) is 18.2 Å². The third-order valence-electron chi connectivity index (χ3n) is 3.17. The molecule has 0 fully saturated rings. The normalized spacial score (nSPS) is 13.3. The Kier molecular flexibility index (Phi) is 3.64. The first kappa shape index (κ1) is 13.3. The van der Waals surface area contributed by atoms with E-state index in [0.717, 1.165) is 29.3 Å². The van der Waals surface area contributed by atoms with Gasteiger partial charge in [0, 0.05) is 23.9 Å². The number of carboxylic acid groups (broad SMARTS) is 1. The van der Waals surface area contributed by atoms with E-state index < -0.39 is 5.97 Å². The van der Waals surface area contributed by atoms with Gasteiger partial charge in [0.05, 0.1) is 18.8 Å².